The molecule has 6 atom stereocenters. The van der Waals surface area contributed by atoms with E-state index in [1.54, 1.807) is 0 Å². The minimum atomic E-state index is -1.64. The molecule has 39 heavy (non-hydrogen) atoms. The number of urea groups is 1. The predicted octanol–water partition coefficient (Wildman–Crippen LogP) is 1.48. The van der Waals surface area contributed by atoms with Gasteiger partial charge >= 0.3 is 35.9 Å². The van der Waals surface area contributed by atoms with Gasteiger partial charge in [0.25, 0.3) is 0 Å². The highest BCUT2D eigenvalue weighted by molar-refractivity contribution is 6.30. The Morgan fingerprint density at radius 1 is 0.821 bits per heavy atom. The molecule has 2 N–H and O–H groups in total. The summed E-state index contributed by atoms with van der Waals surface area (Å²) in [6.07, 6.45) is -7.59. The van der Waals surface area contributed by atoms with Gasteiger partial charge in [-0.15, -0.1) is 0 Å². The number of benzene rings is 1. The van der Waals surface area contributed by atoms with Crippen molar-refractivity contribution in [3.8, 4) is 0 Å². The lowest BCUT2D eigenvalue weighted by molar-refractivity contribution is -0.282. The predicted molar refractivity (Wildman–Crippen MR) is 131 cm³/mol. The average Bonchev–Trinajstić information content (AvgIpc) is 2.80. The molecule has 0 aliphatic carbocycles. The third-order valence-electron chi connectivity index (χ3n) is 5.01. The van der Waals surface area contributed by atoms with Crippen molar-refractivity contribution in [2.24, 2.45) is 0 Å². The van der Waals surface area contributed by atoms with Crippen molar-refractivity contribution in [3.05, 3.63) is 29.3 Å². The maximum Gasteiger partial charge on any atom is 0.319 e. The Kier molecular flexibility index (Phi) is 11.5. The lowest BCUT2D eigenvalue weighted by Gasteiger charge is -2.46. The summed E-state index contributed by atoms with van der Waals surface area (Å²) in [5.74, 6) is -4.09. The summed E-state index contributed by atoms with van der Waals surface area (Å²) in [5.41, 5.74) is 0.340. The molecule has 1 aliphatic rings. The number of rotatable bonds is 9. The van der Waals surface area contributed by atoms with Crippen LogP contribution in [-0.4, -0.2) is 79.2 Å². The summed E-state index contributed by atoms with van der Waals surface area (Å²) in [6.45, 7) is 4.81. The molecule has 0 aromatic heterocycles. The van der Waals surface area contributed by atoms with Crippen LogP contribution in [0.25, 0.3) is 0 Å². The van der Waals surface area contributed by atoms with Gasteiger partial charge in [0.15, 0.2) is 18.3 Å². The first-order valence-electron chi connectivity index (χ1n) is 11.6. The summed E-state index contributed by atoms with van der Waals surface area (Å²) < 4.78 is 32.1. The van der Waals surface area contributed by atoms with Gasteiger partial charge in [0, 0.05) is 45.3 Å². The fourth-order valence-corrected chi connectivity index (χ4v) is 3.82. The van der Waals surface area contributed by atoms with Gasteiger partial charge in [0.1, 0.15) is 18.8 Å². The van der Waals surface area contributed by atoms with Gasteiger partial charge in [0.05, 0.1) is 0 Å². The van der Waals surface area contributed by atoms with Gasteiger partial charge in [-0.2, -0.15) is 0 Å². The number of nitrogens with one attached hydrogen (secondary N) is 2. The van der Waals surface area contributed by atoms with E-state index in [1.807, 2.05) is 0 Å². The molecule has 2 rings (SSSR count). The Morgan fingerprint density at radius 3 is 1.90 bits per heavy atom. The number of amides is 2. The molecule has 0 saturated carbocycles. The SMILES string of the molecule is CC(=O)OC[C@@H](OC(C)=O)[C@@H]1O[C@@H](OC(C)=O)[C@@H](NC(=O)Nc2ccc(Cl)cc2)[C@H](OC(C)=O)[C@H]1OC(C)=O. The quantitative estimate of drug-likeness (QED) is 0.321. The minimum Gasteiger partial charge on any atom is -0.462 e. The fourth-order valence-electron chi connectivity index (χ4n) is 3.70. The summed E-state index contributed by atoms with van der Waals surface area (Å²) in [7, 11) is 0. The Morgan fingerprint density at radius 2 is 1.38 bits per heavy atom. The van der Waals surface area contributed by atoms with Crippen LogP contribution in [-0.2, 0) is 52.4 Å². The highest BCUT2D eigenvalue weighted by Crippen LogP contribution is 2.31. The minimum absolute atomic E-state index is 0.340. The molecule has 1 aromatic carbocycles. The number of anilines is 1. The molecule has 1 aliphatic heterocycles. The van der Waals surface area contributed by atoms with Crippen LogP contribution in [0.2, 0.25) is 5.02 Å². The van der Waals surface area contributed by atoms with E-state index in [0.717, 1.165) is 34.6 Å². The van der Waals surface area contributed by atoms with Crippen LogP contribution in [0.3, 0.4) is 0 Å². The Hall–Kier alpha value is -3.91. The maximum atomic E-state index is 12.9. The summed E-state index contributed by atoms with van der Waals surface area (Å²) in [4.78, 5) is 72.2. The van der Waals surface area contributed by atoms with Crippen molar-refractivity contribution in [3.63, 3.8) is 0 Å². The third kappa shape index (κ3) is 10.1. The molecule has 1 aromatic rings. The first kappa shape index (κ1) is 31.3. The topological polar surface area (TPSA) is 182 Å². The molecule has 1 heterocycles. The van der Waals surface area contributed by atoms with E-state index in [-0.39, 0.29) is 0 Å². The molecule has 0 radical (unpaired) electrons. The number of ether oxygens (including phenoxy) is 6. The molecule has 14 nitrogen and oxygen atoms in total. The molecule has 1 fully saturated rings. The molecular weight excluding hydrogens is 544 g/mol. The van der Waals surface area contributed by atoms with Crippen LogP contribution < -0.4 is 10.6 Å². The lowest BCUT2D eigenvalue weighted by atomic mass is 9.93. The van der Waals surface area contributed by atoms with Crippen molar-refractivity contribution in [2.45, 2.75) is 71.4 Å². The highest BCUT2D eigenvalue weighted by atomic mass is 35.5. The molecule has 15 heteroatoms. The van der Waals surface area contributed by atoms with Crippen LogP contribution in [0.1, 0.15) is 34.6 Å². The first-order valence-corrected chi connectivity index (χ1v) is 12.0. The van der Waals surface area contributed by atoms with Crippen LogP contribution in [0.15, 0.2) is 24.3 Å². The van der Waals surface area contributed by atoms with Gasteiger partial charge in [0.2, 0.25) is 6.29 Å². The zero-order valence-corrected chi connectivity index (χ0v) is 22.5. The zero-order chi connectivity index (χ0) is 29.3. The van der Waals surface area contributed by atoms with E-state index in [2.05, 4.69) is 10.6 Å². The van der Waals surface area contributed by atoms with E-state index < -0.39 is 79.2 Å². The van der Waals surface area contributed by atoms with Gasteiger partial charge in [-0.3, -0.25) is 24.0 Å². The van der Waals surface area contributed by atoms with Crippen LogP contribution in [0.5, 0.6) is 0 Å². The summed E-state index contributed by atoms with van der Waals surface area (Å²) in [6, 6.07) is 3.83. The largest absolute Gasteiger partial charge is 0.462 e. The molecule has 0 unspecified atom stereocenters. The molecular formula is C24H29ClN2O12. The molecule has 1 saturated heterocycles. The van der Waals surface area contributed by atoms with Gasteiger partial charge in [-0.1, -0.05) is 11.6 Å². The number of esters is 5. The lowest BCUT2D eigenvalue weighted by Crippen LogP contribution is -2.69. The number of hydrogen-bond acceptors (Lipinski definition) is 12. The van der Waals surface area contributed by atoms with E-state index in [4.69, 9.17) is 40.0 Å². The van der Waals surface area contributed by atoms with Crippen molar-refractivity contribution < 1.29 is 57.2 Å². The number of carbonyl (C=O) groups excluding carboxylic acids is 6. The van der Waals surface area contributed by atoms with Crippen LogP contribution in [0, 0.1) is 0 Å². The van der Waals surface area contributed by atoms with Gasteiger partial charge in [-0.25, -0.2) is 4.79 Å². The van der Waals surface area contributed by atoms with E-state index in [1.165, 1.54) is 24.3 Å². The monoisotopic (exact) mass is 572 g/mol. The van der Waals surface area contributed by atoms with Crippen molar-refractivity contribution in [1.29, 1.82) is 0 Å². The molecule has 0 bridgehead atoms. The molecule has 0 spiro atoms. The second-order valence-electron chi connectivity index (χ2n) is 8.31. The molecule has 2 amide bonds. The molecule has 214 valence electrons. The smallest absolute Gasteiger partial charge is 0.319 e. The number of carbonyl (C=O) groups is 6. The Labute approximate surface area is 228 Å². The average molecular weight is 573 g/mol. The highest BCUT2D eigenvalue weighted by Gasteiger charge is 2.55. The second kappa shape index (κ2) is 14.3. The van der Waals surface area contributed by atoms with Crippen molar-refractivity contribution >= 4 is 53.2 Å². The van der Waals surface area contributed by atoms with E-state index in [9.17, 15) is 28.8 Å². The number of hydrogen-bond donors (Lipinski definition) is 2. The number of halogens is 1. The fraction of sp³-hybridized carbons (Fsp3) is 0.500. The zero-order valence-electron chi connectivity index (χ0n) is 21.8. The second-order valence-corrected chi connectivity index (χ2v) is 8.74. The Balaban J connectivity index is 2.51. The first-order chi connectivity index (χ1) is 18.3. The summed E-state index contributed by atoms with van der Waals surface area (Å²) in [5, 5.41) is 5.46. The maximum absolute atomic E-state index is 12.9. The van der Waals surface area contributed by atoms with Crippen LogP contribution >= 0.6 is 11.6 Å². The van der Waals surface area contributed by atoms with E-state index >= 15 is 0 Å². The van der Waals surface area contributed by atoms with Gasteiger partial charge in [-0.05, 0) is 24.3 Å². The van der Waals surface area contributed by atoms with Crippen molar-refractivity contribution in [1.82, 2.24) is 5.32 Å². The van der Waals surface area contributed by atoms with Crippen LogP contribution in [0.4, 0.5) is 10.5 Å². The Bertz CT molecular complexity index is 1080. The standard InChI is InChI=1S/C24H29ClN2O12/c1-11(28)34-10-18(35-12(2)29)20-22(37-14(4)31)21(36-13(3)30)19(23(39-20)38-15(5)32)27-24(33)26-17-8-6-16(25)7-9-17/h6-9,18-23H,10H2,1-5H3,(H2,26,27,33)/t18-,19+,20+,21+,22+,23-/m1/s1. The van der Waals surface area contributed by atoms with E-state index in [0.29, 0.717) is 10.7 Å². The van der Waals surface area contributed by atoms with Crippen molar-refractivity contribution in [2.75, 3.05) is 11.9 Å². The third-order valence-corrected chi connectivity index (χ3v) is 5.26. The summed E-state index contributed by atoms with van der Waals surface area (Å²) >= 11 is 5.86. The normalized spacial score (nSPS) is 22.9. The van der Waals surface area contributed by atoms with Gasteiger partial charge < -0.3 is 39.1 Å².